The van der Waals surface area contributed by atoms with Crippen LogP contribution in [0.5, 0.6) is 0 Å². The van der Waals surface area contributed by atoms with Gasteiger partial charge in [0.2, 0.25) is 0 Å². The van der Waals surface area contributed by atoms with Gasteiger partial charge in [0.05, 0.1) is 6.61 Å². The molecule has 1 N–H and O–H groups in total. The highest BCUT2D eigenvalue weighted by Crippen LogP contribution is 2.04. The second kappa shape index (κ2) is 9.13. The Morgan fingerprint density at radius 2 is 1.93 bits per heavy atom. The molecule has 2 atom stereocenters. The van der Waals surface area contributed by atoms with Crippen LogP contribution in [0.2, 0.25) is 0 Å². The molecule has 0 aliphatic heterocycles. The Morgan fingerprint density at radius 1 is 1.27 bits per heavy atom. The van der Waals surface area contributed by atoms with Gasteiger partial charge in [-0.2, -0.15) is 0 Å². The quantitative estimate of drug-likeness (QED) is 0.633. The predicted octanol–water partition coefficient (Wildman–Crippen LogP) is 1.59. The van der Waals surface area contributed by atoms with E-state index in [0.29, 0.717) is 6.04 Å². The monoisotopic (exact) mass is 216 g/mol. The first-order valence-corrected chi connectivity index (χ1v) is 6.06. The van der Waals surface area contributed by atoms with Gasteiger partial charge in [-0.1, -0.05) is 27.2 Å². The van der Waals surface area contributed by atoms with E-state index >= 15 is 0 Å². The van der Waals surface area contributed by atoms with Crippen LogP contribution in [-0.4, -0.2) is 51.3 Å². The number of hydrogen-bond donors (Lipinski definition) is 1. The van der Waals surface area contributed by atoms with Crippen LogP contribution < -0.4 is 5.32 Å². The average Bonchev–Trinajstić information content (AvgIpc) is 2.26. The molecule has 0 aromatic carbocycles. The van der Waals surface area contributed by atoms with Gasteiger partial charge in [0.15, 0.2) is 0 Å². The maximum atomic E-state index is 5.18. The molecule has 3 heteroatoms. The molecule has 3 nitrogen and oxygen atoms in total. The van der Waals surface area contributed by atoms with Crippen molar-refractivity contribution in [3.8, 4) is 0 Å². The zero-order chi connectivity index (χ0) is 11.7. The zero-order valence-electron chi connectivity index (χ0n) is 11.0. The molecule has 0 amide bonds. The summed E-state index contributed by atoms with van der Waals surface area (Å²) in [5.74, 6) is 0.782. The predicted molar refractivity (Wildman–Crippen MR) is 66.3 cm³/mol. The molecule has 0 saturated heterocycles. The van der Waals surface area contributed by atoms with E-state index in [-0.39, 0.29) is 0 Å². The van der Waals surface area contributed by atoms with Crippen LogP contribution in [0.25, 0.3) is 0 Å². The first-order valence-electron chi connectivity index (χ1n) is 6.06. The molecule has 0 spiro atoms. The van der Waals surface area contributed by atoms with E-state index in [4.69, 9.17) is 4.74 Å². The Labute approximate surface area is 95.2 Å². The Bertz CT molecular complexity index is 142. The van der Waals surface area contributed by atoms with Crippen molar-refractivity contribution >= 4 is 0 Å². The van der Waals surface area contributed by atoms with Crippen LogP contribution in [-0.2, 0) is 4.74 Å². The van der Waals surface area contributed by atoms with E-state index in [1.807, 2.05) is 7.05 Å². The van der Waals surface area contributed by atoms with Crippen LogP contribution in [0.3, 0.4) is 0 Å². The van der Waals surface area contributed by atoms with Gasteiger partial charge < -0.3 is 15.0 Å². The molecule has 15 heavy (non-hydrogen) atoms. The minimum absolute atomic E-state index is 0.444. The summed E-state index contributed by atoms with van der Waals surface area (Å²) >= 11 is 0. The maximum absolute atomic E-state index is 5.18. The number of nitrogens with one attached hydrogen (secondary N) is 1. The van der Waals surface area contributed by atoms with Crippen LogP contribution in [0.15, 0.2) is 0 Å². The van der Waals surface area contributed by atoms with Crippen LogP contribution in [0.1, 0.15) is 27.2 Å². The fraction of sp³-hybridized carbons (Fsp3) is 1.00. The lowest BCUT2D eigenvalue weighted by molar-refractivity contribution is 0.137. The van der Waals surface area contributed by atoms with E-state index < -0.39 is 0 Å². The van der Waals surface area contributed by atoms with E-state index in [0.717, 1.165) is 25.6 Å². The minimum atomic E-state index is 0.444. The molecule has 0 rings (SSSR count). The second-order valence-corrected chi connectivity index (χ2v) is 4.31. The maximum Gasteiger partial charge on any atom is 0.0628 e. The highest BCUT2D eigenvalue weighted by Gasteiger charge is 2.12. The largest absolute Gasteiger partial charge is 0.383 e. The van der Waals surface area contributed by atoms with Gasteiger partial charge in [0, 0.05) is 26.2 Å². The molecule has 0 heterocycles. The zero-order valence-corrected chi connectivity index (χ0v) is 11.0. The van der Waals surface area contributed by atoms with Gasteiger partial charge in [-0.3, -0.25) is 0 Å². The third kappa shape index (κ3) is 6.88. The highest BCUT2D eigenvalue weighted by atomic mass is 16.5. The Kier molecular flexibility index (Phi) is 9.06. The topological polar surface area (TPSA) is 24.5 Å². The first kappa shape index (κ1) is 14.9. The molecule has 0 fully saturated rings. The fourth-order valence-corrected chi connectivity index (χ4v) is 1.64. The fourth-order valence-electron chi connectivity index (χ4n) is 1.64. The van der Waals surface area contributed by atoms with E-state index in [9.17, 15) is 0 Å². The van der Waals surface area contributed by atoms with Crippen LogP contribution >= 0.6 is 0 Å². The lowest BCUT2D eigenvalue weighted by atomic mass is 10.1. The van der Waals surface area contributed by atoms with Crippen molar-refractivity contribution in [2.24, 2.45) is 5.92 Å². The number of ether oxygens (including phenoxy) is 1. The summed E-state index contributed by atoms with van der Waals surface area (Å²) < 4.78 is 5.18. The minimum Gasteiger partial charge on any atom is -0.383 e. The molecule has 0 aromatic heterocycles. The average molecular weight is 216 g/mol. The lowest BCUT2D eigenvalue weighted by Crippen LogP contribution is -2.43. The Balaban J connectivity index is 3.94. The standard InChI is InChI=1S/C12H28N2O/c1-6-11(3)8-14(7-2)9-12(13-4)10-15-5/h11-13H,6-10H2,1-5H3. The highest BCUT2D eigenvalue weighted by molar-refractivity contribution is 4.70. The summed E-state index contributed by atoms with van der Waals surface area (Å²) in [6.07, 6.45) is 1.25. The summed E-state index contributed by atoms with van der Waals surface area (Å²) in [5, 5.41) is 3.29. The number of hydrogen-bond acceptors (Lipinski definition) is 3. The molecular weight excluding hydrogens is 188 g/mol. The van der Waals surface area contributed by atoms with Crippen molar-refractivity contribution in [3.05, 3.63) is 0 Å². The lowest BCUT2D eigenvalue weighted by Gasteiger charge is -2.28. The van der Waals surface area contributed by atoms with Crippen molar-refractivity contribution in [2.75, 3.05) is 40.4 Å². The summed E-state index contributed by atoms with van der Waals surface area (Å²) in [7, 11) is 3.76. The van der Waals surface area contributed by atoms with E-state index in [1.54, 1.807) is 7.11 Å². The van der Waals surface area contributed by atoms with Crippen molar-refractivity contribution < 1.29 is 4.74 Å². The SMILES string of the molecule is CCC(C)CN(CC)CC(COC)NC. The van der Waals surface area contributed by atoms with Gasteiger partial charge in [-0.25, -0.2) is 0 Å². The summed E-state index contributed by atoms with van der Waals surface area (Å²) in [5.41, 5.74) is 0. The van der Waals surface area contributed by atoms with Crippen molar-refractivity contribution in [2.45, 2.75) is 33.2 Å². The van der Waals surface area contributed by atoms with Gasteiger partial charge in [-0.15, -0.1) is 0 Å². The van der Waals surface area contributed by atoms with Crippen molar-refractivity contribution in [3.63, 3.8) is 0 Å². The van der Waals surface area contributed by atoms with Gasteiger partial charge in [0.25, 0.3) is 0 Å². The number of nitrogens with zero attached hydrogens (tertiary/aromatic N) is 1. The first-order chi connectivity index (χ1) is 7.17. The summed E-state index contributed by atoms with van der Waals surface area (Å²) in [4.78, 5) is 2.49. The van der Waals surface area contributed by atoms with Crippen molar-refractivity contribution in [1.29, 1.82) is 0 Å². The molecule has 0 radical (unpaired) electrons. The third-order valence-corrected chi connectivity index (χ3v) is 2.97. The molecule has 92 valence electrons. The van der Waals surface area contributed by atoms with Gasteiger partial charge in [0.1, 0.15) is 0 Å². The van der Waals surface area contributed by atoms with Gasteiger partial charge >= 0.3 is 0 Å². The summed E-state index contributed by atoms with van der Waals surface area (Å²) in [6.45, 7) is 11.0. The summed E-state index contributed by atoms with van der Waals surface area (Å²) in [6, 6.07) is 0.444. The number of rotatable bonds is 9. The third-order valence-electron chi connectivity index (χ3n) is 2.97. The van der Waals surface area contributed by atoms with Crippen LogP contribution in [0, 0.1) is 5.92 Å². The molecule has 0 aliphatic carbocycles. The molecule has 0 saturated carbocycles. The Hall–Kier alpha value is -0.120. The molecule has 2 unspecified atom stereocenters. The van der Waals surface area contributed by atoms with Crippen molar-refractivity contribution in [1.82, 2.24) is 10.2 Å². The molecular formula is C12H28N2O. The smallest absolute Gasteiger partial charge is 0.0628 e. The second-order valence-electron chi connectivity index (χ2n) is 4.31. The normalized spacial score (nSPS) is 15.6. The number of methoxy groups -OCH3 is 1. The van der Waals surface area contributed by atoms with Crippen LogP contribution in [0.4, 0.5) is 0 Å². The number of likely N-dealkylation sites (N-methyl/N-ethyl adjacent to an activating group) is 2. The van der Waals surface area contributed by atoms with E-state index in [1.165, 1.54) is 13.0 Å². The molecule has 0 aliphatic rings. The molecule has 0 bridgehead atoms. The van der Waals surface area contributed by atoms with Gasteiger partial charge in [-0.05, 0) is 19.5 Å². The molecule has 0 aromatic rings. The Morgan fingerprint density at radius 3 is 2.33 bits per heavy atom. The van der Waals surface area contributed by atoms with E-state index in [2.05, 4.69) is 31.0 Å².